The van der Waals surface area contributed by atoms with Gasteiger partial charge in [-0.2, -0.15) is 0 Å². The highest BCUT2D eigenvalue weighted by atomic mass is 16.9. The van der Waals surface area contributed by atoms with Gasteiger partial charge in [-0.3, -0.25) is 9.68 Å². The third-order valence-corrected chi connectivity index (χ3v) is 4.31. The average molecular weight is 387 g/mol. The first-order chi connectivity index (χ1) is 12.3. The molecule has 0 aliphatic carbocycles. The van der Waals surface area contributed by atoms with Crippen LogP contribution >= 0.6 is 0 Å². The monoisotopic (exact) mass is 387 g/mol. The number of hydrogen-bond acceptors (Lipinski definition) is 13. The van der Waals surface area contributed by atoms with Gasteiger partial charge in [-0.25, -0.2) is 0 Å². The Kier molecular flexibility index (Phi) is 8.05. The van der Waals surface area contributed by atoms with E-state index in [-0.39, 0.29) is 0 Å². The molecule has 0 aromatic heterocycles. The summed E-state index contributed by atoms with van der Waals surface area (Å²) >= 11 is 0. The first-order valence-electron chi connectivity index (χ1n) is 7.95. The number of nitrogens with one attached hydrogen (secondary N) is 1. The smallest absolute Gasteiger partial charge is 0.186 e. The fourth-order valence-electron chi connectivity index (χ4n) is 2.61. The number of hydrogen-bond donors (Lipinski definition) is 9. The minimum absolute atomic E-state index is 0.506. The number of aliphatic hydroxyl groups excluding tert-OH is 8. The lowest BCUT2D eigenvalue weighted by Crippen LogP contribution is -2.60. The van der Waals surface area contributed by atoms with E-state index in [9.17, 15) is 30.6 Å². The molecule has 0 saturated carbocycles. The second-order valence-electron chi connectivity index (χ2n) is 6.08. The lowest BCUT2D eigenvalue weighted by atomic mass is 9.98. The Labute approximate surface area is 147 Å². The van der Waals surface area contributed by atoms with Crippen LogP contribution in [0.15, 0.2) is 0 Å². The summed E-state index contributed by atoms with van der Waals surface area (Å²) in [7, 11) is 0. The van der Waals surface area contributed by atoms with Gasteiger partial charge in [0.1, 0.15) is 54.9 Å². The van der Waals surface area contributed by atoms with Crippen LogP contribution < -0.4 is 5.64 Å². The summed E-state index contributed by atoms with van der Waals surface area (Å²) in [5.41, 5.74) is 1.95. The lowest BCUT2D eigenvalue weighted by molar-refractivity contribution is -0.328. The van der Waals surface area contributed by atoms with Crippen LogP contribution in [0.2, 0.25) is 0 Å². The third kappa shape index (κ3) is 4.66. The topological polar surface area (TPSA) is 211 Å². The van der Waals surface area contributed by atoms with Crippen LogP contribution in [-0.4, -0.2) is 122 Å². The zero-order chi connectivity index (χ0) is 19.4. The van der Waals surface area contributed by atoms with Crippen LogP contribution in [0.5, 0.6) is 0 Å². The second-order valence-corrected chi connectivity index (χ2v) is 6.08. The van der Waals surface area contributed by atoms with Gasteiger partial charge in [0.15, 0.2) is 6.29 Å². The fraction of sp³-hybridized carbons (Fsp3) is 1.00. The van der Waals surface area contributed by atoms with E-state index in [1.54, 1.807) is 0 Å². The Balaban J connectivity index is 1.97. The van der Waals surface area contributed by atoms with Crippen molar-refractivity contribution in [1.29, 1.82) is 0 Å². The predicted molar refractivity (Wildman–Crippen MR) is 77.7 cm³/mol. The van der Waals surface area contributed by atoms with E-state index in [4.69, 9.17) is 29.4 Å². The normalized spacial score (nSPS) is 48.0. The van der Waals surface area contributed by atoms with Gasteiger partial charge in [0, 0.05) is 0 Å². The van der Waals surface area contributed by atoms with Crippen LogP contribution in [0.4, 0.5) is 0 Å². The Morgan fingerprint density at radius 3 is 1.77 bits per heavy atom. The van der Waals surface area contributed by atoms with Crippen molar-refractivity contribution in [3.63, 3.8) is 0 Å². The van der Waals surface area contributed by atoms with Crippen molar-refractivity contribution in [2.75, 3.05) is 19.8 Å². The molecule has 2 aliphatic rings. The summed E-state index contributed by atoms with van der Waals surface area (Å²) in [4.78, 5) is 9.73. The zero-order valence-electron chi connectivity index (χ0n) is 13.6. The van der Waals surface area contributed by atoms with E-state index < -0.39 is 81.0 Å². The molecule has 0 radical (unpaired) electrons. The van der Waals surface area contributed by atoms with E-state index in [1.165, 1.54) is 0 Å². The van der Waals surface area contributed by atoms with Gasteiger partial charge in [0.2, 0.25) is 0 Å². The highest BCUT2D eigenvalue weighted by Gasteiger charge is 2.45. The fourth-order valence-corrected chi connectivity index (χ4v) is 2.61. The molecule has 2 heterocycles. The molecule has 26 heavy (non-hydrogen) atoms. The van der Waals surface area contributed by atoms with Crippen LogP contribution in [0.3, 0.4) is 0 Å². The molecule has 154 valence electrons. The zero-order valence-corrected chi connectivity index (χ0v) is 13.6. The standard InChI is InChI=1S/C13H25NO12/c15-1-4-7(17)11(21)12(22)13(24-4)23-3-6-9(19)10(20)8(18)5(2-16)25-14-26-6/h4-22H,1-3H2/t4-,5-,6-,7-,8-,9+,10+,11+,12-,13-/m1/s1. The number of rotatable bonds is 5. The first kappa shape index (κ1) is 21.8. The molecule has 10 atom stereocenters. The number of aliphatic hydroxyl groups is 8. The van der Waals surface area contributed by atoms with Gasteiger partial charge in [-0.15, -0.1) is 0 Å². The van der Waals surface area contributed by atoms with E-state index in [1.807, 2.05) is 5.64 Å². The van der Waals surface area contributed by atoms with Crippen LogP contribution in [0.25, 0.3) is 0 Å². The molecule has 13 heteroatoms. The minimum atomic E-state index is -1.75. The van der Waals surface area contributed by atoms with E-state index in [0.717, 1.165) is 0 Å². The second kappa shape index (κ2) is 9.61. The molecule has 0 unspecified atom stereocenters. The van der Waals surface area contributed by atoms with Crippen molar-refractivity contribution in [3.8, 4) is 0 Å². The van der Waals surface area contributed by atoms with Gasteiger partial charge < -0.3 is 50.3 Å². The minimum Gasteiger partial charge on any atom is -0.394 e. The maximum absolute atomic E-state index is 10.1. The lowest BCUT2D eigenvalue weighted by Gasteiger charge is -2.40. The van der Waals surface area contributed by atoms with Crippen molar-refractivity contribution in [2.45, 2.75) is 61.2 Å². The van der Waals surface area contributed by atoms with Gasteiger partial charge >= 0.3 is 0 Å². The largest absolute Gasteiger partial charge is 0.394 e. The molecule has 0 aromatic carbocycles. The quantitative estimate of drug-likeness (QED) is 0.215. The molecule has 2 aliphatic heterocycles. The molecule has 0 aromatic rings. The Morgan fingerprint density at radius 1 is 0.654 bits per heavy atom. The van der Waals surface area contributed by atoms with Crippen LogP contribution in [-0.2, 0) is 19.1 Å². The molecule has 13 nitrogen and oxygen atoms in total. The summed E-state index contributed by atoms with van der Waals surface area (Å²) in [6, 6.07) is 0. The van der Waals surface area contributed by atoms with Crippen molar-refractivity contribution < 1.29 is 60.0 Å². The molecule has 0 spiro atoms. The van der Waals surface area contributed by atoms with E-state index >= 15 is 0 Å². The average Bonchev–Trinajstić information content (AvgIpc) is 2.64. The van der Waals surface area contributed by atoms with E-state index in [2.05, 4.69) is 0 Å². The Hall–Kier alpha value is -0.520. The van der Waals surface area contributed by atoms with Crippen LogP contribution in [0.1, 0.15) is 0 Å². The summed E-state index contributed by atoms with van der Waals surface area (Å²) in [5, 5.41) is 77.3. The summed E-state index contributed by atoms with van der Waals surface area (Å²) in [5.74, 6) is 0. The molecule has 2 fully saturated rings. The van der Waals surface area contributed by atoms with Crippen molar-refractivity contribution >= 4 is 0 Å². The molecule has 2 saturated heterocycles. The van der Waals surface area contributed by atoms with Crippen molar-refractivity contribution in [1.82, 2.24) is 5.64 Å². The van der Waals surface area contributed by atoms with Crippen molar-refractivity contribution in [2.24, 2.45) is 0 Å². The van der Waals surface area contributed by atoms with Crippen LogP contribution in [0, 0.1) is 0 Å². The Bertz CT molecular complexity index is 428. The van der Waals surface area contributed by atoms with Gasteiger partial charge in [-0.1, -0.05) is 5.64 Å². The first-order valence-corrected chi connectivity index (χ1v) is 7.95. The molecule has 2 rings (SSSR count). The maximum atomic E-state index is 10.1. The summed E-state index contributed by atoms with van der Waals surface area (Å²) < 4.78 is 10.3. The van der Waals surface area contributed by atoms with Crippen molar-refractivity contribution in [3.05, 3.63) is 0 Å². The predicted octanol–water partition coefficient (Wildman–Crippen LogP) is -5.92. The molecule has 9 N–H and O–H groups in total. The Morgan fingerprint density at radius 2 is 1.15 bits per heavy atom. The molecule has 0 bridgehead atoms. The third-order valence-electron chi connectivity index (χ3n) is 4.31. The molecular formula is C13H25NO12. The summed E-state index contributed by atoms with van der Waals surface area (Å²) in [6.45, 7) is -1.81. The number of ether oxygens (including phenoxy) is 2. The van der Waals surface area contributed by atoms with Gasteiger partial charge in [0.05, 0.1) is 19.8 Å². The SMILES string of the molecule is OC[C@H]1ONO[C@H](CO[C@@H]2O[C@H](CO)[C@@H](O)[C@H](O)[C@H]2O)[C@H](O)[C@@H](O)[C@@H]1O. The van der Waals surface area contributed by atoms with Gasteiger partial charge in [0.25, 0.3) is 0 Å². The van der Waals surface area contributed by atoms with Gasteiger partial charge in [-0.05, 0) is 0 Å². The van der Waals surface area contributed by atoms with E-state index in [0.29, 0.717) is 0 Å². The molecular weight excluding hydrogens is 362 g/mol. The maximum Gasteiger partial charge on any atom is 0.186 e. The highest BCUT2D eigenvalue weighted by molar-refractivity contribution is 4.90. The summed E-state index contributed by atoms with van der Waals surface area (Å²) in [6.07, 6.45) is -15.1. The molecule has 0 amide bonds. The highest BCUT2D eigenvalue weighted by Crippen LogP contribution is 2.23.